The van der Waals surface area contributed by atoms with Crippen LogP contribution in [0.25, 0.3) is 0 Å². The standard InChI is InChI=1S/C17H24O5/c1-13(2)21-12(18)16-10-17(19-8-9-20-17)15(16)7-5-4-6-11(15)14(16,3)22-13/h11H,4-10H2,1-3H3/t11-,14+,15+,16+/m1/s1. The molecule has 2 aliphatic heterocycles. The van der Waals surface area contributed by atoms with E-state index in [0.29, 0.717) is 25.6 Å². The number of cyclic esters (lactones) is 1. The van der Waals surface area contributed by atoms with E-state index in [9.17, 15) is 4.79 Å². The molecule has 0 unspecified atom stereocenters. The first-order chi connectivity index (χ1) is 10.3. The molecule has 0 aromatic carbocycles. The van der Waals surface area contributed by atoms with Crippen LogP contribution in [0.5, 0.6) is 0 Å². The highest BCUT2D eigenvalue weighted by Crippen LogP contribution is 2.88. The summed E-state index contributed by atoms with van der Waals surface area (Å²) in [6.07, 6.45) is 4.95. The SMILES string of the molecule is CC1(C)OC(=O)[C@]23CC4(OCCO4)[C@]24CCCC[C@@H]4[C@]3(C)O1. The molecule has 5 nitrogen and oxygen atoms in total. The van der Waals surface area contributed by atoms with Gasteiger partial charge < -0.3 is 18.9 Å². The molecule has 0 N–H and O–H groups in total. The summed E-state index contributed by atoms with van der Waals surface area (Å²) < 4.78 is 24.2. The summed E-state index contributed by atoms with van der Waals surface area (Å²) >= 11 is 0. The minimum absolute atomic E-state index is 0.103. The second kappa shape index (κ2) is 3.55. The average Bonchev–Trinajstić information content (AvgIpc) is 2.92. The Bertz CT molecular complexity index is 565. The summed E-state index contributed by atoms with van der Waals surface area (Å²) in [6.45, 7) is 7.04. The van der Waals surface area contributed by atoms with Crippen LogP contribution >= 0.6 is 0 Å². The molecule has 0 radical (unpaired) electrons. The zero-order valence-electron chi connectivity index (χ0n) is 13.6. The smallest absolute Gasteiger partial charge is 0.318 e. The Morgan fingerprint density at radius 2 is 1.82 bits per heavy atom. The fraction of sp³-hybridized carbons (Fsp3) is 0.941. The van der Waals surface area contributed by atoms with Gasteiger partial charge in [0.15, 0.2) is 5.79 Å². The summed E-state index contributed by atoms with van der Waals surface area (Å²) in [6, 6.07) is 0. The van der Waals surface area contributed by atoms with E-state index in [1.54, 1.807) is 0 Å². The Kier molecular flexibility index (Phi) is 2.22. The Morgan fingerprint density at radius 1 is 1.09 bits per heavy atom. The molecule has 5 rings (SSSR count). The van der Waals surface area contributed by atoms with Gasteiger partial charge in [0, 0.05) is 31.6 Å². The topological polar surface area (TPSA) is 54.0 Å². The van der Waals surface area contributed by atoms with Crippen molar-refractivity contribution >= 4 is 5.97 Å². The van der Waals surface area contributed by atoms with Crippen molar-refractivity contribution in [2.45, 2.75) is 70.1 Å². The van der Waals surface area contributed by atoms with E-state index in [4.69, 9.17) is 18.9 Å². The van der Waals surface area contributed by atoms with Gasteiger partial charge in [-0.15, -0.1) is 0 Å². The first-order valence-corrected chi connectivity index (χ1v) is 8.55. The van der Waals surface area contributed by atoms with Crippen molar-refractivity contribution in [2.75, 3.05) is 13.2 Å². The third-order valence-electron chi connectivity index (χ3n) is 7.26. The second-order valence-electron chi connectivity index (χ2n) is 8.30. The summed E-state index contributed by atoms with van der Waals surface area (Å²) in [4.78, 5) is 13.0. The van der Waals surface area contributed by atoms with Crippen molar-refractivity contribution in [3.05, 3.63) is 0 Å². The zero-order valence-corrected chi connectivity index (χ0v) is 13.6. The predicted octanol–water partition coefficient (Wildman–Crippen LogP) is 2.38. The lowest BCUT2D eigenvalue weighted by atomic mass is 9.22. The lowest BCUT2D eigenvalue weighted by Gasteiger charge is -2.86. The number of ether oxygens (including phenoxy) is 4. The number of carbonyl (C=O) groups is 1. The highest BCUT2D eigenvalue weighted by atomic mass is 16.8. The molecule has 3 spiro atoms. The van der Waals surface area contributed by atoms with Gasteiger partial charge >= 0.3 is 5.97 Å². The molecule has 22 heavy (non-hydrogen) atoms. The monoisotopic (exact) mass is 308 g/mol. The van der Waals surface area contributed by atoms with Crippen molar-refractivity contribution in [2.24, 2.45) is 16.7 Å². The van der Waals surface area contributed by atoms with E-state index in [2.05, 4.69) is 6.92 Å². The van der Waals surface area contributed by atoms with Gasteiger partial charge in [0.05, 0.1) is 18.8 Å². The fourth-order valence-corrected chi connectivity index (χ4v) is 6.88. The van der Waals surface area contributed by atoms with Crippen molar-refractivity contribution in [3.63, 3.8) is 0 Å². The molecule has 0 amide bonds. The van der Waals surface area contributed by atoms with Crippen LogP contribution in [-0.4, -0.2) is 36.4 Å². The number of fused-ring (bicyclic) bond motifs is 1. The van der Waals surface area contributed by atoms with Gasteiger partial charge in [-0.2, -0.15) is 0 Å². The van der Waals surface area contributed by atoms with Crippen LogP contribution in [0.1, 0.15) is 52.9 Å². The zero-order chi connectivity index (χ0) is 15.4. The highest BCUT2D eigenvalue weighted by molar-refractivity contribution is 5.86. The molecule has 3 aliphatic carbocycles. The average molecular weight is 308 g/mol. The van der Waals surface area contributed by atoms with Crippen LogP contribution in [0.3, 0.4) is 0 Å². The summed E-state index contributed by atoms with van der Waals surface area (Å²) in [5.41, 5.74) is -1.27. The lowest BCUT2D eigenvalue weighted by Crippen LogP contribution is -2.95. The third kappa shape index (κ3) is 1.06. The van der Waals surface area contributed by atoms with E-state index >= 15 is 0 Å². The molecule has 5 aliphatic rings. The van der Waals surface area contributed by atoms with E-state index in [-0.39, 0.29) is 11.4 Å². The van der Waals surface area contributed by atoms with E-state index < -0.39 is 22.6 Å². The Balaban J connectivity index is 1.66. The molecule has 2 heterocycles. The second-order valence-corrected chi connectivity index (χ2v) is 8.30. The summed E-state index contributed by atoms with van der Waals surface area (Å²) in [5, 5.41) is 0. The first-order valence-electron chi connectivity index (χ1n) is 8.55. The van der Waals surface area contributed by atoms with E-state index in [1.807, 2.05) is 13.8 Å². The van der Waals surface area contributed by atoms with Gasteiger partial charge in [0.1, 0.15) is 5.41 Å². The number of hydrogen-bond donors (Lipinski definition) is 0. The molecule has 4 atom stereocenters. The van der Waals surface area contributed by atoms with Crippen LogP contribution in [0.2, 0.25) is 0 Å². The number of hydrogen-bond acceptors (Lipinski definition) is 5. The Morgan fingerprint density at radius 3 is 2.55 bits per heavy atom. The minimum atomic E-state index is -0.846. The van der Waals surface area contributed by atoms with Crippen LogP contribution in [0.4, 0.5) is 0 Å². The molecule has 0 bridgehead atoms. The van der Waals surface area contributed by atoms with Gasteiger partial charge in [0.2, 0.25) is 5.79 Å². The first kappa shape index (κ1) is 13.8. The van der Waals surface area contributed by atoms with Crippen LogP contribution < -0.4 is 0 Å². The Labute approximate surface area is 130 Å². The van der Waals surface area contributed by atoms with Gasteiger partial charge in [-0.05, 0) is 19.8 Å². The quantitative estimate of drug-likeness (QED) is 0.643. The number of carbonyl (C=O) groups excluding carboxylic acids is 1. The molecule has 5 fully saturated rings. The van der Waals surface area contributed by atoms with Crippen molar-refractivity contribution in [1.29, 1.82) is 0 Å². The third-order valence-corrected chi connectivity index (χ3v) is 7.26. The lowest BCUT2D eigenvalue weighted by molar-refractivity contribution is -0.525. The maximum Gasteiger partial charge on any atom is 0.318 e. The van der Waals surface area contributed by atoms with Crippen molar-refractivity contribution in [1.82, 2.24) is 0 Å². The maximum absolute atomic E-state index is 13.0. The molecule has 3 saturated carbocycles. The van der Waals surface area contributed by atoms with Crippen LogP contribution in [0.15, 0.2) is 0 Å². The molecular weight excluding hydrogens is 284 g/mol. The molecule has 0 aromatic rings. The molecule has 5 heteroatoms. The van der Waals surface area contributed by atoms with Gasteiger partial charge in [0.25, 0.3) is 0 Å². The minimum Gasteiger partial charge on any atom is -0.433 e. The maximum atomic E-state index is 13.0. The Hall–Kier alpha value is -0.650. The summed E-state index contributed by atoms with van der Waals surface area (Å²) in [7, 11) is 0. The molecule has 0 aromatic heterocycles. The molecular formula is C17H24O5. The van der Waals surface area contributed by atoms with Crippen molar-refractivity contribution < 1.29 is 23.7 Å². The van der Waals surface area contributed by atoms with Gasteiger partial charge in [-0.3, -0.25) is 4.79 Å². The normalized spacial score (nSPS) is 53.6. The molecule has 122 valence electrons. The highest BCUT2D eigenvalue weighted by Gasteiger charge is 2.97. The predicted molar refractivity (Wildman–Crippen MR) is 75.7 cm³/mol. The van der Waals surface area contributed by atoms with Crippen LogP contribution in [0, 0.1) is 16.7 Å². The van der Waals surface area contributed by atoms with Gasteiger partial charge in [-0.1, -0.05) is 12.8 Å². The van der Waals surface area contributed by atoms with Gasteiger partial charge in [-0.25, -0.2) is 0 Å². The number of esters is 1. The largest absolute Gasteiger partial charge is 0.433 e. The van der Waals surface area contributed by atoms with Crippen LogP contribution in [-0.2, 0) is 23.7 Å². The van der Waals surface area contributed by atoms with E-state index in [1.165, 1.54) is 6.42 Å². The molecule has 2 saturated heterocycles. The number of rotatable bonds is 0. The van der Waals surface area contributed by atoms with E-state index in [0.717, 1.165) is 19.3 Å². The summed E-state index contributed by atoms with van der Waals surface area (Å²) in [5.74, 6) is -1.20. The van der Waals surface area contributed by atoms with Crippen molar-refractivity contribution in [3.8, 4) is 0 Å². The fourth-order valence-electron chi connectivity index (χ4n) is 6.88.